The van der Waals surface area contributed by atoms with Crippen LogP contribution in [0.25, 0.3) is 10.9 Å². The van der Waals surface area contributed by atoms with Crippen molar-refractivity contribution in [2.45, 2.75) is 18.9 Å². The monoisotopic (exact) mass is 256 g/mol. The van der Waals surface area contributed by atoms with E-state index in [1.807, 2.05) is 29.2 Å². The van der Waals surface area contributed by atoms with E-state index in [1.54, 1.807) is 12.3 Å². The molecule has 98 valence electrons. The summed E-state index contributed by atoms with van der Waals surface area (Å²) < 4.78 is 0. The van der Waals surface area contributed by atoms with Crippen molar-refractivity contribution in [1.29, 1.82) is 0 Å². The van der Waals surface area contributed by atoms with E-state index in [0.29, 0.717) is 31.5 Å². The predicted molar refractivity (Wildman–Crippen MR) is 72.9 cm³/mol. The fourth-order valence-corrected chi connectivity index (χ4v) is 2.52. The van der Waals surface area contributed by atoms with Gasteiger partial charge in [-0.3, -0.25) is 9.78 Å². The first kappa shape index (κ1) is 12.1. The Bertz CT molecular complexity index is 599. The van der Waals surface area contributed by atoms with Gasteiger partial charge in [-0.25, -0.2) is 0 Å². The number of amides is 1. The van der Waals surface area contributed by atoms with Gasteiger partial charge < -0.3 is 10.0 Å². The van der Waals surface area contributed by atoms with Gasteiger partial charge >= 0.3 is 0 Å². The van der Waals surface area contributed by atoms with Crippen LogP contribution in [0.4, 0.5) is 0 Å². The van der Waals surface area contributed by atoms with E-state index >= 15 is 0 Å². The van der Waals surface area contributed by atoms with Gasteiger partial charge in [0.2, 0.25) is 0 Å². The highest BCUT2D eigenvalue weighted by atomic mass is 16.3. The zero-order valence-corrected chi connectivity index (χ0v) is 10.6. The number of fused-ring (bicyclic) bond motifs is 1. The molecule has 1 aliphatic rings. The average molecular weight is 256 g/mol. The molecule has 0 unspecified atom stereocenters. The Kier molecular flexibility index (Phi) is 3.17. The third kappa shape index (κ3) is 2.31. The van der Waals surface area contributed by atoms with Crippen molar-refractivity contribution in [2.75, 3.05) is 13.1 Å². The second-order valence-electron chi connectivity index (χ2n) is 4.90. The van der Waals surface area contributed by atoms with Gasteiger partial charge in [0.05, 0.1) is 17.2 Å². The van der Waals surface area contributed by atoms with E-state index in [1.165, 1.54) is 0 Å². The minimum absolute atomic E-state index is 0.0329. The molecule has 0 saturated carbocycles. The fourth-order valence-electron chi connectivity index (χ4n) is 2.52. The molecule has 3 rings (SSSR count). The molecule has 0 aliphatic carbocycles. The highest BCUT2D eigenvalue weighted by Crippen LogP contribution is 2.20. The number of aliphatic hydroxyl groups is 1. The SMILES string of the molecule is O=C(c1ccnc2ccccc12)N1CCC(O)CC1. The number of aliphatic hydroxyl groups excluding tert-OH is 1. The molecular weight excluding hydrogens is 240 g/mol. The van der Waals surface area contributed by atoms with Gasteiger partial charge in [-0.2, -0.15) is 0 Å². The molecule has 19 heavy (non-hydrogen) atoms. The lowest BCUT2D eigenvalue weighted by atomic mass is 10.0. The van der Waals surface area contributed by atoms with Crippen molar-refractivity contribution in [3.63, 3.8) is 0 Å². The van der Waals surface area contributed by atoms with E-state index in [9.17, 15) is 9.90 Å². The molecule has 2 aromatic rings. The Balaban J connectivity index is 1.93. The lowest BCUT2D eigenvalue weighted by Crippen LogP contribution is -2.40. The van der Waals surface area contributed by atoms with Gasteiger partial charge in [0.15, 0.2) is 0 Å². The smallest absolute Gasteiger partial charge is 0.254 e. The second kappa shape index (κ2) is 4.97. The average Bonchev–Trinajstić information content (AvgIpc) is 2.47. The quantitative estimate of drug-likeness (QED) is 0.847. The lowest BCUT2D eigenvalue weighted by Gasteiger charge is -2.29. The van der Waals surface area contributed by atoms with Gasteiger partial charge in [0.25, 0.3) is 5.91 Å². The zero-order valence-electron chi connectivity index (χ0n) is 10.6. The van der Waals surface area contributed by atoms with Gasteiger partial charge in [0.1, 0.15) is 0 Å². The standard InChI is InChI=1S/C15H16N2O2/c18-11-6-9-17(10-7-11)15(19)13-5-8-16-14-4-2-1-3-12(13)14/h1-5,8,11,18H,6-7,9-10H2. The van der Waals surface area contributed by atoms with Crippen molar-refractivity contribution in [1.82, 2.24) is 9.88 Å². The third-order valence-corrected chi connectivity index (χ3v) is 3.63. The number of pyridine rings is 1. The molecule has 2 heterocycles. The fraction of sp³-hybridized carbons (Fsp3) is 0.333. The maximum Gasteiger partial charge on any atom is 0.254 e. The molecule has 1 aliphatic heterocycles. The van der Waals surface area contributed by atoms with Gasteiger partial charge in [-0.1, -0.05) is 18.2 Å². The normalized spacial score (nSPS) is 16.8. The largest absolute Gasteiger partial charge is 0.393 e. The van der Waals surface area contributed by atoms with Crippen LogP contribution in [0.2, 0.25) is 0 Å². The molecule has 4 nitrogen and oxygen atoms in total. The Morgan fingerprint density at radius 1 is 1.21 bits per heavy atom. The lowest BCUT2D eigenvalue weighted by molar-refractivity contribution is 0.0548. The summed E-state index contributed by atoms with van der Waals surface area (Å²) in [5.41, 5.74) is 1.53. The molecule has 1 aromatic carbocycles. The van der Waals surface area contributed by atoms with Gasteiger partial charge in [-0.05, 0) is 25.0 Å². The Labute approximate surface area is 111 Å². The van der Waals surface area contributed by atoms with E-state index in [2.05, 4.69) is 4.98 Å². The van der Waals surface area contributed by atoms with Crippen molar-refractivity contribution in [3.8, 4) is 0 Å². The van der Waals surface area contributed by atoms with Crippen LogP contribution >= 0.6 is 0 Å². The molecule has 1 saturated heterocycles. The first-order chi connectivity index (χ1) is 9.25. The number of piperidine rings is 1. The van der Waals surface area contributed by atoms with Crippen LogP contribution in [0.15, 0.2) is 36.5 Å². The van der Waals surface area contributed by atoms with E-state index < -0.39 is 0 Å². The molecule has 1 N–H and O–H groups in total. The molecule has 0 radical (unpaired) electrons. The van der Waals surface area contributed by atoms with Crippen LogP contribution in [0.5, 0.6) is 0 Å². The summed E-state index contributed by atoms with van der Waals surface area (Å²) in [6.07, 6.45) is 2.73. The molecular formula is C15H16N2O2. The first-order valence-electron chi connectivity index (χ1n) is 6.57. The Morgan fingerprint density at radius 2 is 1.95 bits per heavy atom. The van der Waals surface area contributed by atoms with Crippen LogP contribution in [0.1, 0.15) is 23.2 Å². The minimum atomic E-state index is -0.266. The summed E-state index contributed by atoms with van der Waals surface area (Å²) in [6.45, 7) is 1.24. The van der Waals surface area contributed by atoms with Crippen molar-refractivity contribution in [2.24, 2.45) is 0 Å². The minimum Gasteiger partial charge on any atom is -0.393 e. The molecule has 0 atom stereocenters. The number of aromatic nitrogens is 1. The molecule has 1 aromatic heterocycles. The summed E-state index contributed by atoms with van der Waals surface area (Å²) in [6, 6.07) is 9.44. The van der Waals surface area contributed by atoms with Crippen molar-refractivity contribution >= 4 is 16.8 Å². The number of para-hydroxylation sites is 1. The number of nitrogens with zero attached hydrogens (tertiary/aromatic N) is 2. The molecule has 0 bridgehead atoms. The van der Waals surface area contributed by atoms with Crippen LogP contribution in [-0.4, -0.2) is 40.1 Å². The molecule has 4 heteroatoms. The van der Waals surface area contributed by atoms with Crippen LogP contribution < -0.4 is 0 Å². The summed E-state index contributed by atoms with van der Waals surface area (Å²) in [7, 11) is 0. The number of rotatable bonds is 1. The predicted octanol–water partition coefficient (Wildman–Crippen LogP) is 1.83. The number of hydrogen-bond donors (Lipinski definition) is 1. The maximum absolute atomic E-state index is 12.5. The topological polar surface area (TPSA) is 53.4 Å². The number of carbonyl (C=O) groups excluding carboxylic acids is 1. The second-order valence-corrected chi connectivity index (χ2v) is 4.90. The Morgan fingerprint density at radius 3 is 2.74 bits per heavy atom. The zero-order chi connectivity index (χ0) is 13.2. The molecule has 1 amide bonds. The first-order valence-corrected chi connectivity index (χ1v) is 6.57. The molecule has 1 fully saturated rings. The van der Waals surface area contributed by atoms with Crippen molar-refractivity contribution < 1.29 is 9.90 Å². The number of likely N-dealkylation sites (tertiary alicyclic amines) is 1. The van der Waals surface area contributed by atoms with E-state index in [-0.39, 0.29) is 12.0 Å². The number of hydrogen-bond acceptors (Lipinski definition) is 3. The Hall–Kier alpha value is -1.94. The number of benzene rings is 1. The number of carbonyl (C=O) groups is 1. The summed E-state index contributed by atoms with van der Waals surface area (Å²) in [4.78, 5) is 18.6. The summed E-state index contributed by atoms with van der Waals surface area (Å²) >= 11 is 0. The van der Waals surface area contributed by atoms with Crippen LogP contribution in [-0.2, 0) is 0 Å². The highest BCUT2D eigenvalue weighted by Gasteiger charge is 2.23. The summed E-state index contributed by atoms with van der Waals surface area (Å²) in [5, 5.41) is 10.4. The van der Waals surface area contributed by atoms with Crippen LogP contribution in [0.3, 0.4) is 0 Å². The highest BCUT2D eigenvalue weighted by molar-refractivity contribution is 6.05. The third-order valence-electron chi connectivity index (χ3n) is 3.63. The van der Waals surface area contributed by atoms with E-state index in [4.69, 9.17) is 0 Å². The van der Waals surface area contributed by atoms with Gasteiger partial charge in [-0.15, -0.1) is 0 Å². The maximum atomic E-state index is 12.5. The van der Waals surface area contributed by atoms with Crippen LogP contribution in [0, 0.1) is 0 Å². The van der Waals surface area contributed by atoms with Gasteiger partial charge in [0, 0.05) is 24.7 Å². The van der Waals surface area contributed by atoms with Crippen molar-refractivity contribution in [3.05, 3.63) is 42.1 Å². The molecule has 0 spiro atoms. The summed E-state index contributed by atoms with van der Waals surface area (Å²) in [5.74, 6) is 0.0329. The van der Waals surface area contributed by atoms with E-state index in [0.717, 1.165) is 10.9 Å².